The van der Waals surface area contributed by atoms with Crippen LogP contribution in [-0.2, 0) is 6.18 Å². The number of primary amides is 1. The van der Waals surface area contributed by atoms with Gasteiger partial charge >= 0.3 is 12.2 Å². The summed E-state index contributed by atoms with van der Waals surface area (Å²) in [4.78, 5) is 12.7. The number of benzene rings is 1. The quantitative estimate of drug-likeness (QED) is 0.674. The average molecular weight is 399 g/mol. The second kappa shape index (κ2) is 7.30. The van der Waals surface area contributed by atoms with Crippen LogP contribution in [0.1, 0.15) is 12.0 Å². The Balaban J connectivity index is 1.82. The number of hydrogen-bond donors (Lipinski definition) is 3. The van der Waals surface area contributed by atoms with Gasteiger partial charge in [0.1, 0.15) is 16.7 Å². The molecule has 2 aliphatic heterocycles. The smallest absolute Gasteiger partial charge is 0.372 e. The molecule has 1 aromatic rings. The van der Waals surface area contributed by atoms with Crippen molar-refractivity contribution in [2.75, 3.05) is 18.4 Å². The van der Waals surface area contributed by atoms with Crippen LogP contribution in [0.2, 0.25) is 0 Å². The Morgan fingerprint density at radius 2 is 2.11 bits per heavy atom. The van der Waals surface area contributed by atoms with E-state index in [4.69, 9.17) is 5.73 Å². The zero-order valence-corrected chi connectivity index (χ0v) is 14.7. The van der Waals surface area contributed by atoms with Crippen molar-refractivity contribution in [1.82, 2.24) is 9.21 Å². The molecule has 3 rings (SSSR count). The molecule has 1 aromatic carbocycles. The van der Waals surface area contributed by atoms with E-state index in [-0.39, 0.29) is 28.9 Å². The van der Waals surface area contributed by atoms with Gasteiger partial charge in [0.15, 0.2) is 6.23 Å². The summed E-state index contributed by atoms with van der Waals surface area (Å²) < 4.78 is 41.0. The van der Waals surface area contributed by atoms with Crippen molar-refractivity contribution in [2.24, 2.45) is 5.73 Å². The molecule has 0 aliphatic carbocycles. The summed E-state index contributed by atoms with van der Waals surface area (Å²) in [5.74, 6) is 0. The Labute approximate surface area is 157 Å². The number of urea groups is 1. The first-order valence-electron chi connectivity index (χ1n) is 7.98. The SMILES string of the molecule is N#CC1=C(Nc2ccccc2C(F)(F)F)SN([C@H]2CCN(C(N)=O)C2)C1O. The highest BCUT2D eigenvalue weighted by atomic mass is 32.2. The number of aliphatic hydroxyl groups excluding tert-OH is 1. The Morgan fingerprint density at radius 1 is 1.41 bits per heavy atom. The molecule has 2 amide bonds. The molecule has 2 aliphatic rings. The second-order valence-corrected chi connectivity index (χ2v) is 7.09. The lowest BCUT2D eigenvalue weighted by atomic mass is 10.1. The van der Waals surface area contributed by atoms with Gasteiger partial charge in [-0.3, -0.25) is 0 Å². The summed E-state index contributed by atoms with van der Waals surface area (Å²) in [6, 6.07) is 5.89. The third kappa shape index (κ3) is 3.83. The Hall–Kier alpha value is -2.42. The lowest BCUT2D eigenvalue weighted by molar-refractivity contribution is -0.136. The minimum Gasteiger partial charge on any atom is -0.372 e. The van der Waals surface area contributed by atoms with Gasteiger partial charge in [-0.05, 0) is 30.5 Å². The third-order valence-corrected chi connectivity index (χ3v) is 5.59. The topological polar surface area (TPSA) is 106 Å². The molecule has 2 atom stereocenters. The highest BCUT2D eigenvalue weighted by molar-refractivity contribution is 8.01. The van der Waals surface area contributed by atoms with Crippen LogP contribution in [-0.4, -0.2) is 45.7 Å². The van der Waals surface area contributed by atoms with Crippen LogP contribution in [0.5, 0.6) is 0 Å². The number of hydrogen-bond acceptors (Lipinski definition) is 6. The van der Waals surface area contributed by atoms with Crippen LogP contribution in [0, 0.1) is 11.3 Å². The van der Waals surface area contributed by atoms with Crippen LogP contribution in [0.3, 0.4) is 0 Å². The van der Waals surface area contributed by atoms with Crippen molar-refractivity contribution < 1.29 is 23.1 Å². The van der Waals surface area contributed by atoms with Gasteiger partial charge in [-0.2, -0.15) is 18.4 Å². The fourth-order valence-electron chi connectivity index (χ4n) is 3.03. The normalized spacial score (nSPS) is 23.6. The van der Waals surface area contributed by atoms with Gasteiger partial charge in [0.05, 0.1) is 11.3 Å². The molecule has 7 nitrogen and oxygen atoms in total. The molecule has 4 N–H and O–H groups in total. The molecule has 27 heavy (non-hydrogen) atoms. The first kappa shape index (κ1) is 19.3. The van der Waals surface area contributed by atoms with E-state index in [1.165, 1.54) is 27.4 Å². The number of nitrogens with one attached hydrogen (secondary N) is 1. The predicted octanol–water partition coefficient (Wildman–Crippen LogP) is 2.29. The van der Waals surface area contributed by atoms with Crippen LogP contribution < -0.4 is 11.1 Å². The van der Waals surface area contributed by atoms with Crippen molar-refractivity contribution in [3.05, 3.63) is 40.4 Å². The van der Waals surface area contributed by atoms with Crippen LogP contribution in [0.4, 0.5) is 23.7 Å². The summed E-state index contributed by atoms with van der Waals surface area (Å²) in [5, 5.41) is 22.6. The van der Waals surface area contributed by atoms with Gasteiger partial charge in [0, 0.05) is 19.1 Å². The van der Waals surface area contributed by atoms with Gasteiger partial charge in [-0.15, -0.1) is 0 Å². The lowest BCUT2D eigenvalue weighted by Crippen LogP contribution is -2.40. The molecule has 0 saturated carbocycles. The number of para-hydroxylation sites is 1. The molecule has 2 heterocycles. The molecule has 0 spiro atoms. The molecular formula is C16H16F3N5O2S. The summed E-state index contributed by atoms with van der Waals surface area (Å²) in [5.41, 5.74) is 4.10. The number of nitrogens with zero attached hydrogens (tertiary/aromatic N) is 3. The maximum Gasteiger partial charge on any atom is 0.418 e. The summed E-state index contributed by atoms with van der Waals surface area (Å²) >= 11 is 0.960. The minimum absolute atomic E-state index is 0.0745. The molecular weight excluding hydrogens is 383 g/mol. The Morgan fingerprint density at radius 3 is 2.70 bits per heavy atom. The lowest BCUT2D eigenvalue weighted by Gasteiger charge is -2.26. The molecule has 144 valence electrons. The largest absolute Gasteiger partial charge is 0.418 e. The van der Waals surface area contributed by atoms with Crippen molar-refractivity contribution in [2.45, 2.75) is 24.9 Å². The van der Waals surface area contributed by atoms with Gasteiger partial charge in [0.2, 0.25) is 0 Å². The number of nitriles is 1. The molecule has 1 fully saturated rings. The minimum atomic E-state index is -4.56. The van der Waals surface area contributed by atoms with E-state index in [0.29, 0.717) is 13.0 Å². The first-order valence-corrected chi connectivity index (χ1v) is 8.76. The van der Waals surface area contributed by atoms with Gasteiger partial charge in [-0.1, -0.05) is 12.1 Å². The van der Waals surface area contributed by atoms with Crippen LogP contribution in [0.15, 0.2) is 34.9 Å². The average Bonchev–Trinajstić information content (AvgIpc) is 3.19. The summed E-state index contributed by atoms with van der Waals surface area (Å²) in [7, 11) is 0. The molecule has 1 unspecified atom stereocenters. The van der Waals surface area contributed by atoms with E-state index in [9.17, 15) is 28.3 Å². The van der Waals surface area contributed by atoms with Crippen molar-refractivity contribution in [1.29, 1.82) is 5.26 Å². The number of likely N-dealkylation sites (tertiary alicyclic amines) is 1. The molecule has 0 aromatic heterocycles. The summed E-state index contributed by atoms with van der Waals surface area (Å²) in [6.45, 7) is 0.676. The second-order valence-electron chi connectivity index (χ2n) is 6.07. The number of nitrogens with two attached hydrogens (primary N) is 1. The molecule has 1 saturated heterocycles. The monoisotopic (exact) mass is 399 g/mol. The van der Waals surface area contributed by atoms with E-state index in [1.807, 2.05) is 6.07 Å². The van der Waals surface area contributed by atoms with E-state index in [0.717, 1.165) is 18.0 Å². The van der Waals surface area contributed by atoms with E-state index in [2.05, 4.69) is 5.32 Å². The van der Waals surface area contributed by atoms with E-state index < -0.39 is 24.0 Å². The van der Waals surface area contributed by atoms with Crippen molar-refractivity contribution >= 4 is 23.7 Å². The zero-order chi connectivity index (χ0) is 19.8. The first-order chi connectivity index (χ1) is 12.7. The number of alkyl halides is 3. The van der Waals surface area contributed by atoms with Crippen LogP contribution in [0.25, 0.3) is 0 Å². The highest BCUT2D eigenvalue weighted by Crippen LogP contribution is 2.42. The summed E-state index contributed by atoms with van der Waals surface area (Å²) in [6.07, 6.45) is -5.33. The molecule has 0 bridgehead atoms. The number of amides is 2. The van der Waals surface area contributed by atoms with E-state index >= 15 is 0 Å². The van der Waals surface area contributed by atoms with Gasteiger partial charge in [0.25, 0.3) is 0 Å². The number of rotatable bonds is 3. The highest BCUT2D eigenvalue weighted by Gasteiger charge is 2.41. The maximum atomic E-state index is 13.2. The predicted molar refractivity (Wildman–Crippen MR) is 92.7 cm³/mol. The molecule has 0 radical (unpaired) electrons. The van der Waals surface area contributed by atoms with Gasteiger partial charge < -0.3 is 21.1 Å². The molecule has 11 heteroatoms. The van der Waals surface area contributed by atoms with Gasteiger partial charge in [-0.25, -0.2) is 9.10 Å². The number of carbonyl (C=O) groups is 1. The fraction of sp³-hybridized carbons (Fsp3) is 0.375. The number of halogens is 3. The number of anilines is 1. The standard InChI is InChI=1S/C16H16F3N5O2S/c17-16(18,19)11-3-1-2-4-12(11)22-13-10(7-20)14(25)24(27-13)9-5-6-23(8-9)15(21)26/h1-4,9,14,22,25H,5-6,8H2,(H2,21,26)/t9-,14?/m0/s1. The Kier molecular flexibility index (Phi) is 5.23. The number of aliphatic hydroxyl groups is 1. The number of carbonyl (C=O) groups excluding carboxylic acids is 1. The van der Waals surface area contributed by atoms with Crippen molar-refractivity contribution in [3.63, 3.8) is 0 Å². The maximum absolute atomic E-state index is 13.2. The van der Waals surface area contributed by atoms with E-state index in [1.54, 1.807) is 0 Å². The van der Waals surface area contributed by atoms with Crippen LogP contribution >= 0.6 is 11.9 Å². The van der Waals surface area contributed by atoms with Crippen molar-refractivity contribution in [3.8, 4) is 6.07 Å². The Bertz CT molecular complexity index is 823. The fourth-order valence-corrected chi connectivity index (χ4v) is 4.18. The third-order valence-electron chi connectivity index (χ3n) is 4.38. The zero-order valence-electron chi connectivity index (χ0n) is 13.9.